The molecule has 0 amide bonds. The molecule has 0 unspecified atom stereocenters. The van der Waals surface area contributed by atoms with Gasteiger partial charge in [0.05, 0.1) is 0 Å². The first kappa shape index (κ1) is 11.4. The predicted octanol–water partition coefficient (Wildman–Crippen LogP) is 4.31. The number of hydrogen-bond donors (Lipinski definition) is 0. The Labute approximate surface area is 73.9 Å². The fourth-order valence-electron chi connectivity index (χ4n) is 1.06. The van der Waals surface area contributed by atoms with E-state index in [4.69, 9.17) is 0 Å². The molecule has 68 valence electrons. The van der Waals surface area contributed by atoms with Crippen LogP contribution in [0.1, 0.15) is 52.4 Å². The molecule has 11 heavy (non-hydrogen) atoms. The number of unbranched alkanes of at least 4 members (excludes halogenated alkanes) is 4. The van der Waals surface area contributed by atoms with Gasteiger partial charge in [-0.1, -0.05) is 52.4 Å². The lowest BCUT2D eigenvalue weighted by Gasteiger charge is -2.15. The van der Waals surface area contributed by atoms with E-state index in [9.17, 15) is 0 Å². The van der Waals surface area contributed by atoms with E-state index in [1.807, 2.05) is 0 Å². The third-order valence-electron chi connectivity index (χ3n) is 1.84. The van der Waals surface area contributed by atoms with Gasteiger partial charge in [0.1, 0.15) is 0 Å². The molecule has 0 nitrogen and oxygen atoms in total. The van der Waals surface area contributed by atoms with Crippen LogP contribution in [0, 0.1) is 0 Å². The van der Waals surface area contributed by atoms with Crippen molar-refractivity contribution in [2.24, 2.45) is 0 Å². The lowest BCUT2D eigenvalue weighted by Crippen LogP contribution is -1.81. The molecule has 0 radical (unpaired) electrons. The molecule has 0 saturated heterocycles. The average Bonchev–Trinajstić information content (AvgIpc) is 2.03. The molecule has 0 saturated carbocycles. The zero-order valence-electron chi connectivity index (χ0n) is 8.10. The van der Waals surface area contributed by atoms with Crippen LogP contribution in [0.2, 0.25) is 0 Å². The summed E-state index contributed by atoms with van der Waals surface area (Å²) in [7, 11) is 1.69. The van der Waals surface area contributed by atoms with E-state index >= 15 is 0 Å². The Morgan fingerprint density at radius 1 is 0.727 bits per heavy atom. The largest absolute Gasteiger partial charge is 0.540 e. The molecule has 0 aromatic heterocycles. The summed E-state index contributed by atoms with van der Waals surface area (Å²) >= 11 is 0. The Bertz CT molecular complexity index is 53.9. The van der Waals surface area contributed by atoms with Crippen LogP contribution in [0.15, 0.2) is 0 Å². The van der Waals surface area contributed by atoms with E-state index in [-0.39, 0.29) is 0 Å². The first-order valence-corrected chi connectivity index (χ1v) is 6.31. The van der Waals surface area contributed by atoms with Crippen molar-refractivity contribution in [1.82, 2.24) is 0 Å². The van der Waals surface area contributed by atoms with Gasteiger partial charge < -0.3 is 8.58 Å². The second kappa shape index (κ2) is 10.4. The maximum Gasteiger partial charge on any atom is -0.0558 e. The van der Waals surface area contributed by atoms with Crippen molar-refractivity contribution in [2.75, 3.05) is 12.3 Å². The summed E-state index contributed by atoms with van der Waals surface area (Å²) in [5, 5.41) is 0. The molecule has 0 aliphatic rings. The van der Waals surface area contributed by atoms with Crippen LogP contribution in [-0.2, 0) is 0 Å². The molecular weight excluding hydrogens is 151 g/mol. The van der Waals surface area contributed by atoms with Gasteiger partial charge in [0, 0.05) is 0 Å². The maximum atomic E-state index is 2.27. The van der Waals surface area contributed by atoms with Crippen molar-refractivity contribution in [3.63, 3.8) is 0 Å². The number of rotatable bonds is 8. The molecule has 0 fully saturated rings. The van der Waals surface area contributed by atoms with Gasteiger partial charge in [0.2, 0.25) is 0 Å². The molecule has 0 aromatic carbocycles. The topological polar surface area (TPSA) is 0 Å². The molecule has 0 atom stereocenters. The Hall–Kier alpha value is 0.430. The lowest BCUT2D eigenvalue weighted by atomic mass is 10.3. The first-order valence-electron chi connectivity index (χ1n) is 5.05. The minimum atomic E-state index is 1.37. The zero-order chi connectivity index (χ0) is 8.36. The van der Waals surface area contributed by atoms with Crippen LogP contribution in [0.25, 0.3) is 0 Å². The highest BCUT2D eigenvalue weighted by Crippen LogP contribution is 2.15. The standard InChI is InChI=1S/C10H22P/c1-3-5-7-9-11-10-8-6-4-2/h3-10H2,1-2H3/q-1. The van der Waals surface area contributed by atoms with E-state index < -0.39 is 0 Å². The van der Waals surface area contributed by atoms with Gasteiger partial charge in [0.15, 0.2) is 0 Å². The third kappa shape index (κ3) is 10.4. The van der Waals surface area contributed by atoms with Crippen LogP contribution in [-0.4, -0.2) is 12.3 Å². The summed E-state index contributed by atoms with van der Waals surface area (Å²) < 4.78 is 0. The highest BCUT2D eigenvalue weighted by molar-refractivity contribution is 7.37. The summed E-state index contributed by atoms with van der Waals surface area (Å²) in [5.41, 5.74) is 0. The highest BCUT2D eigenvalue weighted by atomic mass is 31.1. The van der Waals surface area contributed by atoms with Crippen molar-refractivity contribution in [3.05, 3.63) is 0 Å². The smallest absolute Gasteiger partial charge is 0.0558 e. The van der Waals surface area contributed by atoms with Crippen LogP contribution >= 0.6 is 8.58 Å². The highest BCUT2D eigenvalue weighted by Gasteiger charge is 1.78. The lowest BCUT2D eigenvalue weighted by molar-refractivity contribution is 0.765. The predicted molar refractivity (Wildman–Crippen MR) is 55.7 cm³/mol. The fraction of sp³-hybridized carbons (Fsp3) is 1.00. The molecule has 0 heterocycles. The molecule has 0 rings (SSSR count). The van der Waals surface area contributed by atoms with Crippen molar-refractivity contribution < 1.29 is 0 Å². The van der Waals surface area contributed by atoms with E-state index in [1.54, 1.807) is 8.58 Å². The van der Waals surface area contributed by atoms with Crippen molar-refractivity contribution in [1.29, 1.82) is 0 Å². The van der Waals surface area contributed by atoms with Gasteiger partial charge in [-0.2, -0.15) is 12.3 Å². The van der Waals surface area contributed by atoms with Crippen LogP contribution in [0.4, 0.5) is 0 Å². The van der Waals surface area contributed by atoms with Crippen molar-refractivity contribution in [2.45, 2.75) is 52.4 Å². The van der Waals surface area contributed by atoms with E-state index in [2.05, 4.69) is 13.8 Å². The second-order valence-corrected chi connectivity index (χ2v) is 4.43. The zero-order valence-corrected chi connectivity index (χ0v) is 9.00. The molecule has 0 aliphatic carbocycles. The van der Waals surface area contributed by atoms with Crippen LogP contribution in [0.3, 0.4) is 0 Å². The van der Waals surface area contributed by atoms with Gasteiger partial charge in [-0.05, 0) is 0 Å². The quantitative estimate of drug-likeness (QED) is 0.379. The number of hydrogen-bond acceptors (Lipinski definition) is 0. The summed E-state index contributed by atoms with van der Waals surface area (Å²) in [5.74, 6) is 0. The first-order chi connectivity index (χ1) is 5.41. The molecule has 0 aromatic rings. The van der Waals surface area contributed by atoms with Crippen LogP contribution in [0.5, 0.6) is 0 Å². The summed E-state index contributed by atoms with van der Waals surface area (Å²) in [6.45, 7) is 4.54. The van der Waals surface area contributed by atoms with Crippen molar-refractivity contribution >= 4 is 8.58 Å². The molecule has 0 aliphatic heterocycles. The minimum Gasteiger partial charge on any atom is -0.540 e. The normalized spacial score (nSPS) is 10.4. The van der Waals surface area contributed by atoms with Gasteiger partial charge in [0.25, 0.3) is 0 Å². The minimum absolute atomic E-state index is 1.37. The Morgan fingerprint density at radius 2 is 1.18 bits per heavy atom. The molecule has 0 N–H and O–H groups in total. The Balaban J connectivity index is 2.69. The molecule has 1 heteroatoms. The van der Waals surface area contributed by atoms with E-state index in [0.29, 0.717) is 0 Å². The van der Waals surface area contributed by atoms with E-state index in [1.165, 1.54) is 50.8 Å². The maximum absolute atomic E-state index is 2.27. The van der Waals surface area contributed by atoms with Gasteiger partial charge in [-0.25, -0.2) is 0 Å². The second-order valence-electron chi connectivity index (χ2n) is 3.09. The average molecular weight is 173 g/mol. The monoisotopic (exact) mass is 173 g/mol. The van der Waals surface area contributed by atoms with Crippen LogP contribution < -0.4 is 0 Å². The molecule has 0 bridgehead atoms. The molecule has 0 spiro atoms. The van der Waals surface area contributed by atoms with E-state index in [0.717, 1.165) is 0 Å². The Kier molecular flexibility index (Phi) is 10.8. The van der Waals surface area contributed by atoms with Gasteiger partial charge in [-0.3, -0.25) is 0 Å². The van der Waals surface area contributed by atoms with Gasteiger partial charge in [-0.15, -0.1) is 0 Å². The SMILES string of the molecule is CCCCC[P-]CCCCC. The summed E-state index contributed by atoms with van der Waals surface area (Å²) in [4.78, 5) is 0. The van der Waals surface area contributed by atoms with Gasteiger partial charge >= 0.3 is 0 Å². The summed E-state index contributed by atoms with van der Waals surface area (Å²) in [6, 6.07) is 0. The Morgan fingerprint density at radius 3 is 1.55 bits per heavy atom. The summed E-state index contributed by atoms with van der Waals surface area (Å²) in [6.07, 6.45) is 11.4. The third-order valence-corrected chi connectivity index (χ3v) is 3.10. The van der Waals surface area contributed by atoms with Crippen molar-refractivity contribution in [3.8, 4) is 0 Å². The fourth-order valence-corrected chi connectivity index (χ4v) is 2.18. The molecular formula is C10H22P-.